The van der Waals surface area contributed by atoms with Crippen LogP contribution in [-0.2, 0) is 9.47 Å². The number of pyridine rings is 1. The first-order valence-electron chi connectivity index (χ1n) is 10.4. The van der Waals surface area contributed by atoms with Gasteiger partial charge in [0.05, 0.1) is 35.5 Å². The molecule has 170 valence electrons. The molecule has 9 heteroatoms. The zero-order valence-electron chi connectivity index (χ0n) is 19.4. The standard InChI is InChI=1S/C23H28N4O5/c1-11(2)17-8-15(16-9-24-27(12(3)4)21(16)26-17)22(29)32-10-18(28)20-13(5)19(14(6)25-20)23(30)31-7/h8-9,11-12,25H,10H2,1-7H3. The molecule has 0 unspecified atom stereocenters. The van der Waals surface area contributed by atoms with Gasteiger partial charge in [-0.25, -0.2) is 19.3 Å². The highest BCUT2D eigenvalue weighted by atomic mass is 16.5. The van der Waals surface area contributed by atoms with E-state index in [1.54, 1.807) is 30.8 Å². The van der Waals surface area contributed by atoms with Crippen molar-refractivity contribution in [1.29, 1.82) is 0 Å². The summed E-state index contributed by atoms with van der Waals surface area (Å²) in [4.78, 5) is 45.2. The lowest BCUT2D eigenvalue weighted by atomic mass is 10.1. The highest BCUT2D eigenvalue weighted by Crippen LogP contribution is 2.25. The van der Waals surface area contributed by atoms with Crippen LogP contribution in [0.5, 0.6) is 0 Å². The summed E-state index contributed by atoms with van der Waals surface area (Å²) in [5.74, 6) is -1.52. The lowest BCUT2D eigenvalue weighted by Crippen LogP contribution is -2.16. The highest BCUT2D eigenvalue weighted by molar-refractivity contribution is 6.05. The van der Waals surface area contributed by atoms with Crippen LogP contribution in [0, 0.1) is 13.8 Å². The van der Waals surface area contributed by atoms with Crippen molar-refractivity contribution in [2.45, 2.75) is 53.5 Å². The predicted octanol–water partition coefficient (Wildman–Crippen LogP) is 3.91. The molecule has 0 fully saturated rings. The van der Waals surface area contributed by atoms with Gasteiger partial charge in [-0.05, 0) is 45.2 Å². The van der Waals surface area contributed by atoms with Crippen LogP contribution in [0.1, 0.15) is 87.8 Å². The molecule has 0 radical (unpaired) electrons. The average molecular weight is 441 g/mol. The summed E-state index contributed by atoms with van der Waals surface area (Å²) in [5.41, 5.74) is 3.14. The lowest BCUT2D eigenvalue weighted by Gasteiger charge is -2.12. The average Bonchev–Trinajstić information content (AvgIpc) is 3.31. The number of carbonyl (C=O) groups is 3. The normalized spacial score (nSPS) is 11.4. The van der Waals surface area contributed by atoms with Gasteiger partial charge in [0.2, 0.25) is 5.78 Å². The molecule has 0 aliphatic carbocycles. The molecule has 3 aromatic rings. The van der Waals surface area contributed by atoms with Gasteiger partial charge in [-0.3, -0.25) is 4.79 Å². The fourth-order valence-corrected chi connectivity index (χ4v) is 3.60. The molecule has 32 heavy (non-hydrogen) atoms. The number of aromatic amines is 1. The Bertz CT molecular complexity index is 1200. The van der Waals surface area contributed by atoms with Crippen LogP contribution in [0.3, 0.4) is 0 Å². The van der Waals surface area contributed by atoms with Crippen molar-refractivity contribution >= 4 is 28.8 Å². The second-order valence-electron chi connectivity index (χ2n) is 8.29. The second kappa shape index (κ2) is 8.94. The van der Waals surface area contributed by atoms with E-state index in [-0.39, 0.29) is 17.7 Å². The smallest absolute Gasteiger partial charge is 0.339 e. The molecule has 9 nitrogen and oxygen atoms in total. The fraction of sp³-hybridized carbons (Fsp3) is 0.435. The molecular weight excluding hydrogens is 412 g/mol. The zero-order chi connectivity index (χ0) is 23.7. The van der Waals surface area contributed by atoms with Crippen LogP contribution in [0.15, 0.2) is 12.3 Å². The van der Waals surface area contributed by atoms with E-state index in [2.05, 4.69) is 15.1 Å². The van der Waals surface area contributed by atoms with Crippen molar-refractivity contribution in [2.24, 2.45) is 0 Å². The number of esters is 2. The summed E-state index contributed by atoms with van der Waals surface area (Å²) in [6.07, 6.45) is 1.59. The maximum Gasteiger partial charge on any atom is 0.339 e. The number of nitrogens with zero attached hydrogens (tertiary/aromatic N) is 3. The van der Waals surface area contributed by atoms with Crippen molar-refractivity contribution < 1.29 is 23.9 Å². The van der Waals surface area contributed by atoms with Gasteiger partial charge >= 0.3 is 11.9 Å². The summed E-state index contributed by atoms with van der Waals surface area (Å²) in [7, 11) is 1.28. The number of aromatic nitrogens is 4. The summed E-state index contributed by atoms with van der Waals surface area (Å²) in [5, 5.41) is 4.93. The highest BCUT2D eigenvalue weighted by Gasteiger charge is 2.25. The van der Waals surface area contributed by atoms with Gasteiger partial charge in [-0.1, -0.05) is 13.8 Å². The first kappa shape index (κ1) is 23.2. The van der Waals surface area contributed by atoms with Crippen molar-refractivity contribution in [1.82, 2.24) is 19.7 Å². The Labute approximate surface area is 186 Å². The van der Waals surface area contributed by atoms with Gasteiger partial charge < -0.3 is 14.5 Å². The summed E-state index contributed by atoms with van der Waals surface area (Å²) in [6, 6.07) is 1.75. The third-order valence-corrected chi connectivity index (χ3v) is 5.33. The quantitative estimate of drug-likeness (QED) is 0.437. The Kier molecular flexibility index (Phi) is 6.47. The van der Waals surface area contributed by atoms with E-state index < -0.39 is 24.3 Å². The minimum absolute atomic E-state index is 0.0657. The molecule has 0 spiro atoms. The van der Waals surface area contributed by atoms with Gasteiger partial charge in [-0.2, -0.15) is 5.10 Å². The second-order valence-corrected chi connectivity index (χ2v) is 8.29. The third kappa shape index (κ3) is 4.15. The Hall–Kier alpha value is -3.49. The van der Waals surface area contributed by atoms with Gasteiger partial charge in [0.25, 0.3) is 0 Å². The monoisotopic (exact) mass is 440 g/mol. The molecule has 0 atom stereocenters. The van der Waals surface area contributed by atoms with Gasteiger partial charge in [0, 0.05) is 17.4 Å². The van der Waals surface area contributed by atoms with Crippen molar-refractivity contribution in [3.05, 3.63) is 46.0 Å². The first-order valence-corrected chi connectivity index (χ1v) is 10.4. The molecule has 0 aromatic carbocycles. The van der Waals surface area contributed by atoms with E-state index in [1.807, 2.05) is 27.7 Å². The fourth-order valence-electron chi connectivity index (χ4n) is 3.60. The van der Waals surface area contributed by atoms with Gasteiger partial charge in [0.15, 0.2) is 12.3 Å². The summed E-state index contributed by atoms with van der Waals surface area (Å²) >= 11 is 0. The maximum atomic E-state index is 12.9. The van der Waals surface area contributed by atoms with Crippen molar-refractivity contribution in [2.75, 3.05) is 13.7 Å². The minimum atomic E-state index is -0.634. The molecule has 0 saturated carbocycles. The summed E-state index contributed by atoms with van der Waals surface area (Å²) in [6.45, 7) is 10.8. The topological polar surface area (TPSA) is 116 Å². The number of methoxy groups -OCH3 is 1. The van der Waals surface area contributed by atoms with E-state index in [9.17, 15) is 14.4 Å². The van der Waals surface area contributed by atoms with Crippen LogP contribution < -0.4 is 0 Å². The minimum Gasteiger partial charge on any atom is -0.465 e. The Morgan fingerprint density at radius 2 is 1.81 bits per heavy atom. The molecule has 3 heterocycles. The molecule has 3 rings (SSSR count). The van der Waals surface area contributed by atoms with E-state index in [1.165, 1.54) is 7.11 Å². The Morgan fingerprint density at radius 3 is 2.41 bits per heavy atom. The van der Waals surface area contributed by atoms with Crippen LogP contribution >= 0.6 is 0 Å². The molecular formula is C23H28N4O5. The Morgan fingerprint density at radius 1 is 1.12 bits per heavy atom. The number of Topliss-reactive ketones (excluding diaryl/α,β-unsaturated/α-hetero) is 1. The number of hydrogen-bond acceptors (Lipinski definition) is 7. The SMILES string of the molecule is COC(=O)c1c(C)[nH]c(C(=O)COC(=O)c2cc(C(C)C)nc3c2cnn3C(C)C)c1C. The molecule has 0 amide bonds. The van der Waals surface area contributed by atoms with Crippen LogP contribution in [0.4, 0.5) is 0 Å². The molecule has 0 aliphatic heterocycles. The van der Waals surface area contributed by atoms with E-state index in [4.69, 9.17) is 9.47 Å². The van der Waals surface area contributed by atoms with Gasteiger partial charge in [-0.15, -0.1) is 0 Å². The maximum absolute atomic E-state index is 12.9. The number of hydrogen-bond donors (Lipinski definition) is 1. The number of nitrogens with one attached hydrogen (secondary N) is 1. The zero-order valence-corrected chi connectivity index (χ0v) is 19.4. The van der Waals surface area contributed by atoms with Crippen LogP contribution in [0.25, 0.3) is 11.0 Å². The number of rotatable bonds is 7. The molecule has 0 bridgehead atoms. The number of fused-ring (bicyclic) bond motifs is 1. The third-order valence-electron chi connectivity index (χ3n) is 5.33. The van der Waals surface area contributed by atoms with Crippen molar-refractivity contribution in [3.63, 3.8) is 0 Å². The van der Waals surface area contributed by atoms with Gasteiger partial charge in [0.1, 0.15) is 0 Å². The molecule has 0 aliphatic rings. The van der Waals surface area contributed by atoms with E-state index >= 15 is 0 Å². The first-order chi connectivity index (χ1) is 15.1. The Balaban J connectivity index is 1.88. The predicted molar refractivity (Wildman–Crippen MR) is 118 cm³/mol. The van der Waals surface area contributed by atoms with Crippen molar-refractivity contribution in [3.8, 4) is 0 Å². The molecule has 0 saturated heterocycles. The van der Waals surface area contributed by atoms with E-state index in [0.29, 0.717) is 33.4 Å². The number of ether oxygens (including phenoxy) is 2. The van der Waals surface area contributed by atoms with Crippen LogP contribution in [-0.4, -0.2) is 51.2 Å². The van der Waals surface area contributed by atoms with E-state index in [0.717, 1.165) is 5.69 Å². The van der Waals surface area contributed by atoms with Crippen LogP contribution in [0.2, 0.25) is 0 Å². The largest absolute Gasteiger partial charge is 0.465 e. The number of aryl methyl sites for hydroxylation is 1. The molecule has 1 N–H and O–H groups in total. The number of ketones is 1. The number of carbonyl (C=O) groups excluding carboxylic acids is 3. The summed E-state index contributed by atoms with van der Waals surface area (Å²) < 4.78 is 11.9. The number of H-pyrrole nitrogens is 1. The lowest BCUT2D eigenvalue weighted by molar-refractivity contribution is 0.0474. The molecule has 3 aromatic heterocycles.